The van der Waals surface area contributed by atoms with Crippen LogP contribution in [0.2, 0.25) is 0 Å². The third kappa shape index (κ3) is 12.5. The first-order valence-corrected chi connectivity index (χ1v) is 4.30. The van der Waals surface area contributed by atoms with E-state index in [2.05, 4.69) is 11.5 Å². The van der Waals surface area contributed by atoms with E-state index in [1.807, 2.05) is 0 Å². The predicted molar refractivity (Wildman–Crippen MR) is 54.2 cm³/mol. The molecule has 0 aromatic carbocycles. The quantitative estimate of drug-likeness (QED) is 0.394. The highest BCUT2D eigenvalue weighted by atomic mass is 16.7. The van der Waals surface area contributed by atoms with Crippen LogP contribution in [0.1, 0.15) is 13.8 Å². The third-order valence-corrected chi connectivity index (χ3v) is 1.01. The summed E-state index contributed by atoms with van der Waals surface area (Å²) in [6, 6.07) is -0.833. The first-order chi connectivity index (χ1) is 6.99. The number of nitrogens with two attached hydrogens (primary N) is 2. The monoisotopic (exact) mass is 222 g/mol. The average molecular weight is 222 g/mol. The Labute approximate surface area is 88.3 Å². The molecule has 0 aliphatic carbocycles. The van der Waals surface area contributed by atoms with Crippen molar-refractivity contribution in [3.63, 3.8) is 0 Å². The van der Waals surface area contributed by atoms with Gasteiger partial charge < -0.3 is 31.2 Å². The number of carbonyl (C=O) groups excluding carboxylic acids is 1. The highest BCUT2D eigenvalue weighted by Crippen LogP contribution is 2.04. The van der Waals surface area contributed by atoms with Gasteiger partial charge in [0, 0.05) is 13.2 Å². The Morgan fingerprint density at radius 3 is 1.87 bits per heavy atom. The number of hydrogen-bond acceptors (Lipinski definition) is 5. The van der Waals surface area contributed by atoms with Gasteiger partial charge in [-0.25, -0.2) is 4.79 Å². The van der Waals surface area contributed by atoms with Crippen molar-refractivity contribution in [2.24, 2.45) is 11.5 Å². The van der Waals surface area contributed by atoms with Crippen LogP contribution in [-0.4, -0.2) is 35.7 Å². The minimum atomic E-state index is -0.838. The lowest BCUT2D eigenvalue weighted by atomic mass is 10.5. The number of urea groups is 1. The predicted octanol–water partition coefficient (Wildman–Crippen LogP) is 0.367. The van der Waals surface area contributed by atoms with Gasteiger partial charge in [0.2, 0.25) is 6.29 Å². The molecule has 7 nitrogen and oxygen atoms in total. The van der Waals surface area contributed by atoms with E-state index in [0.29, 0.717) is 19.5 Å². The Morgan fingerprint density at radius 2 is 1.67 bits per heavy atom. The maximum absolute atomic E-state index is 9.00. The number of aliphatic hydroxyl groups is 2. The second-order valence-electron chi connectivity index (χ2n) is 2.20. The van der Waals surface area contributed by atoms with Gasteiger partial charge in [-0.15, -0.1) is 0 Å². The zero-order valence-electron chi connectivity index (χ0n) is 8.84. The molecule has 15 heavy (non-hydrogen) atoms. The maximum Gasteiger partial charge on any atom is 0.309 e. The van der Waals surface area contributed by atoms with Gasteiger partial charge >= 0.3 is 6.03 Å². The van der Waals surface area contributed by atoms with Gasteiger partial charge in [0.15, 0.2) is 5.76 Å². The number of hydrogen-bond donors (Lipinski definition) is 4. The molecule has 0 bridgehead atoms. The smallest absolute Gasteiger partial charge is 0.309 e. The van der Waals surface area contributed by atoms with Crippen LogP contribution in [0.3, 0.4) is 0 Å². The number of amides is 2. The zero-order chi connectivity index (χ0) is 12.3. The molecule has 0 aliphatic heterocycles. The second kappa shape index (κ2) is 10.6. The molecule has 0 fully saturated rings. The lowest BCUT2D eigenvalue weighted by molar-refractivity contribution is -0.131. The molecular weight excluding hydrogens is 204 g/mol. The van der Waals surface area contributed by atoms with Crippen molar-refractivity contribution in [2.75, 3.05) is 13.2 Å². The highest BCUT2D eigenvalue weighted by Gasteiger charge is 2.12. The van der Waals surface area contributed by atoms with Crippen molar-refractivity contribution in [3.05, 3.63) is 12.0 Å². The lowest BCUT2D eigenvalue weighted by Crippen LogP contribution is -2.19. The van der Waals surface area contributed by atoms with E-state index < -0.39 is 12.3 Å². The fourth-order valence-corrected chi connectivity index (χ4v) is 0.582. The highest BCUT2D eigenvalue weighted by molar-refractivity contribution is 5.69. The molecule has 0 saturated heterocycles. The molecule has 2 amide bonds. The Kier molecular flexibility index (Phi) is 11.3. The van der Waals surface area contributed by atoms with E-state index in [9.17, 15) is 0 Å². The molecule has 0 aromatic heterocycles. The van der Waals surface area contributed by atoms with Crippen LogP contribution in [0, 0.1) is 0 Å². The summed E-state index contributed by atoms with van der Waals surface area (Å²) in [5.41, 5.74) is 8.50. The molecule has 7 heteroatoms. The minimum absolute atomic E-state index is 0.311. The van der Waals surface area contributed by atoms with Crippen LogP contribution in [0.5, 0.6) is 0 Å². The van der Waals surface area contributed by atoms with Gasteiger partial charge in [0.25, 0.3) is 0 Å². The van der Waals surface area contributed by atoms with Crippen molar-refractivity contribution in [1.29, 1.82) is 0 Å². The minimum Gasteiger partial charge on any atom is -0.512 e. The number of primary amides is 2. The number of carbonyl (C=O) groups is 1. The summed E-state index contributed by atoms with van der Waals surface area (Å²) in [6.07, 6.45) is -0.273. The van der Waals surface area contributed by atoms with Crippen LogP contribution in [0.15, 0.2) is 12.0 Å². The summed E-state index contributed by atoms with van der Waals surface area (Å²) >= 11 is 0. The van der Waals surface area contributed by atoms with Crippen molar-refractivity contribution in [1.82, 2.24) is 0 Å². The zero-order valence-corrected chi connectivity index (χ0v) is 8.84. The van der Waals surface area contributed by atoms with Crippen molar-refractivity contribution >= 4 is 6.03 Å². The first-order valence-electron chi connectivity index (χ1n) is 4.30. The van der Waals surface area contributed by atoms with E-state index in [1.54, 1.807) is 13.8 Å². The Morgan fingerprint density at radius 1 is 1.33 bits per heavy atom. The van der Waals surface area contributed by atoms with E-state index in [0.717, 1.165) is 0 Å². The molecule has 0 atom stereocenters. The Bertz CT molecular complexity index is 185. The first kappa shape index (κ1) is 16.0. The average Bonchev–Trinajstić information content (AvgIpc) is 2.15. The van der Waals surface area contributed by atoms with Gasteiger partial charge in [-0.3, -0.25) is 0 Å². The third-order valence-electron chi connectivity index (χ3n) is 1.01. The fraction of sp³-hybridized carbons (Fsp3) is 0.625. The van der Waals surface area contributed by atoms with Crippen molar-refractivity contribution in [2.45, 2.75) is 20.1 Å². The Hall–Kier alpha value is -1.47. The molecule has 0 rings (SSSR count). The molecular formula is C8H18N2O5. The summed E-state index contributed by atoms with van der Waals surface area (Å²) in [7, 11) is 0. The van der Waals surface area contributed by atoms with E-state index in [-0.39, 0.29) is 5.76 Å². The van der Waals surface area contributed by atoms with Gasteiger partial charge in [0.05, 0.1) is 0 Å². The second-order valence-corrected chi connectivity index (χ2v) is 2.20. The molecule has 0 heterocycles. The molecule has 0 aromatic rings. The van der Waals surface area contributed by atoms with Crippen LogP contribution in [0.25, 0.3) is 0 Å². The van der Waals surface area contributed by atoms with E-state index >= 15 is 0 Å². The van der Waals surface area contributed by atoms with Crippen LogP contribution in [0.4, 0.5) is 4.79 Å². The topological polar surface area (TPSA) is 128 Å². The van der Waals surface area contributed by atoms with Gasteiger partial charge in [-0.2, -0.15) is 0 Å². The molecule has 0 spiro atoms. The molecule has 6 N–H and O–H groups in total. The number of ether oxygens (including phenoxy) is 2. The lowest BCUT2D eigenvalue weighted by Gasteiger charge is -2.14. The normalized spacial score (nSPS) is 10.7. The van der Waals surface area contributed by atoms with Gasteiger partial charge in [-0.05, 0) is 13.8 Å². The summed E-state index contributed by atoms with van der Waals surface area (Å²) in [6.45, 7) is 4.39. The molecule has 0 saturated carbocycles. The van der Waals surface area contributed by atoms with Crippen molar-refractivity contribution in [3.8, 4) is 0 Å². The Balaban J connectivity index is 0. The van der Waals surface area contributed by atoms with Crippen molar-refractivity contribution < 1.29 is 24.5 Å². The molecule has 90 valence electrons. The fourth-order valence-electron chi connectivity index (χ4n) is 0.582. The van der Waals surface area contributed by atoms with Gasteiger partial charge in [-0.1, -0.05) is 0 Å². The summed E-state index contributed by atoms with van der Waals surface area (Å²) in [5.74, 6) is -0.311. The summed E-state index contributed by atoms with van der Waals surface area (Å²) in [4.78, 5) is 9.00. The van der Waals surface area contributed by atoms with Gasteiger partial charge in [0.1, 0.15) is 6.26 Å². The molecule has 0 radical (unpaired) electrons. The maximum atomic E-state index is 9.00. The number of aliphatic hydroxyl groups excluding tert-OH is 2. The summed E-state index contributed by atoms with van der Waals surface area (Å²) in [5, 5.41) is 17.3. The van der Waals surface area contributed by atoms with Crippen LogP contribution in [-0.2, 0) is 9.47 Å². The molecule has 0 aliphatic rings. The van der Waals surface area contributed by atoms with E-state index in [1.165, 1.54) is 0 Å². The standard InChI is InChI=1S/C7H14O4.CH4N2O/c1-3-10-7(11-4-2)6(9)5-8;2-1(3)4/h5,7-9H,3-4H2,1-2H3;(H4,2,3,4)/b6-5-;. The van der Waals surface area contributed by atoms with Crippen LogP contribution < -0.4 is 11.5 Å². The number of rotatable bonds is 5. The van der Waals surface area contributed by atoms with E-state index in [4.69, 9.17) is 24.5 Å². The largest absolute Gasteiger partial charge is 0.512 e. The van der Waals surface area contributed by atoms with Crippen LogP contribution >= 0.6 is 0 Å². The molecule has 0 unspecified atom stereocenters. The SMILES string of the molecule is CCOC(OCC)/C(O)=C/O.NC(N)=O. The summed E-state index contributed by atoms with van der Waals surface area (Å²) < 4.78 is 9.87.